The van der Waals surface area contributed by atoms with E-state index in [1.54, 1.807) is 12.1 Å². The third-order valence-corrected chi connectivity index (χ3v) is 4.13. The van der Waals surface area contributed by atoms with Crippen molar-refractivity contribution in [3.05, 3.63) is 46.7 Å². The predicted octanol–water partition coefficient (Wildman–Crippen LogP) is 2.44. The molecule has 0 radical (unpaired) electrons. The van der Waals surface area contributed by atoms with Crippen LogP contribution in [0.25, 0.3) is 0 Å². The molecule has 1 aromatic carbocycles. The predicted molar refractivity (Wildman–Crippen MR) is 76.9 cm³/mol. The molecule has 1 aliphatic rings. The number of anilines is 1. The van der Waals surface area contributed by atoms with E-state index in [1.807, 2.05) is 12.3 Å². The summed E-state index contributed by atoms with van der Waals surface area (Å²) in [5, 5.41) is 0.593. The number of nitrogens with zero attached hydrogens (tertiary/aromatic N) is 2. The maximum atomic E-state index is 13.3. The van der Waals surface area contributed by atoms with Gasteiger partial charge in [0.05, 0.1) is 12.7 Å². The summed E-state index contributed by atoms with van der Waals surface area (Å²) >= 11 is 1.51. The Morgan fingerprint density at radius 1 is 1.50 bits per heavy atom. The van der Waals surface area contributed by atoms with E-state index in [-0.39, 0.29) is 11.9 Å². The Bertz CT molecular complexity index is 589. The Morgan fingerprint density at radius 2 is 2.40 bits per heavy atom. The van der Waals surface area contributed by atoms with Gasteiger partial charge in [0.25, 0.3) is 0 Å². The lowest BCUT2D eigenvalue weighted by Gasteiger charge is -2.32. The van der Waals surface area contributed by atoms with E-state index >= 15 is 0 Å². The van der Waals surface area contributed by atoms with E-state index in [1.165, 1.54) is 17.4 Å². The van der Waals surface area contributed by atoms with Crippen molar-refractivity contribution in [2.24, 2.45) is 0 Å². The fraction of sp³-hybridized carbons (Fsp3) is 0.357. The molecule has 0 spiro atoms. The van der Waals surface area contributed by atoms with Crippen molar-refractivity contribution in [1.29, 1.82) is 0 Å². The standard InChI is InChI=1S/C14H16FN3OS/c15-11-3-1-2-10(6-11)13-9-18(4-5-19-13)8-12-7-17-14(16)20-12/h1-3,6-7,13H,4-5,8-9H2,(H2,16,17). The normalized spacial score (nSPS) is 20.1. The Labute approximate surface area is 121 Å². The largest absolute Gasteiger partial charge is 0.375 e. The molecule has 2 aromatic rings. The quantitative estimate of drug-likeness (QED) is 0.944. The van der Waals surface area contributed by atoms with E-state index in [9.17, 15) is 4.39 Å². The van der Waals surface area contributed by atoms with Crippen LogP contribution in [0, 0.1) is 5.82 Å². The van der Waals surface area contributed by atoms with Crippen LogP contribution in [-0.4, -0.2) is 29.6 Å². The first-order chi connectivity index (χ1) is 9.70. The lowest BCUT2D eigenvalue weighted by molar-refractivity contribution is -0.0327. The van der Waals surface area contributed by atoms with Crippen LogP contribution >= 0.6 is 11.3 Å². The highest BCUT2D eigenvalue weighted by atomic mass is 32.1. The molecule has 1 fully saturated rings. The van der Waals surface area contributed by atoms with E-state index < -0.39 is 0 Å². The van der Waals surface area contributed by atoms with Crippen LogP contribution < -0.4 is 5.73 Å². The molecule has 6 heteroatoms. The van der Waals surface area contributed by atoms with E-state index in [2.05, 4.69) is 9.88 Å². The van der Waals surface area contributed by atoms with Crippen LogP contribution in [0.5, 0.6) is 0 Å². The second-order valence-corrected chi connectivity index (χ2v) is 5.96. The van der Waals surface area contributed by atoms with Crippen LogP contribution in [0.2, 0.25) is 0 Å². The van der Waals surface area contributed by atoms with Gasteiger partial charge in [-0.3, -0.25) is 4.90 Å². The van der Waals surface area contributed by atoms with Crippen molar-refractivity contribution >= 4 is 16.5 Å². The number of nitrogen functional groups attached to an aromatic ring is 1. The first-order valence-corrected chi connectivity index (χ1v) is 7.32. The van der Waals surface area contributed by atoms with Gasteiger partial charge in [0, 0.05) is 30.7 Å². The molecule has 2 N–H and O–H groups in total. The minimum atomic E-state index is -0.224. The second-order valence-electron chi connectivity index (χ2n) is 4.81. The molecule has 1 atom stereocenters. The molecular weight excluding hydrogens is 277 g/mol. The summed E-state index contributed by atoms with van der Waals surface area (Å²) < 4.78 is 19.0. The van der Waals surface area contributed by atoms with E-state index in [4.69, 9.17) is 10.5 Å². The number of halogens is 1. The zero-order valence-corrected chi connectivity index (χ0v) is 11.8. The molecule has 0 aliphatic carbocycles. The van der Waals surface area contributed by atoms with Crippen LogP contribution in [0.15, 0.2) is 30.5 Å². The van der Waals surface area contributed by atoms with Crippen molar-refractivity contribution in [3.63, 3.8) is 0 Å². The SMILES string of the molecule is Nc1ncc(CN2CCOC(c3cccc(F)c3)C2)s1. The van der Waals surface area contributed by atoms with Gasteiger partial charge in [0.1, 0.15) is 5.82 Å². The minimum Gasteiger partial charge on any atom is -0.375 e. The van der Waals surface area contributed by atoms with Gasteiger partial charge in [-0.25, -0.2) is 9.37 Å². The number of rotatable bonds is 3. The zero-order chi connectivity index (χ0) is 13.9. The third kappa shape index (κ3) is 3.15. The fourth-order valence-corrected chi connectivity index (χ4v) is 3.10. The van der Waals surface area contributed by atoms with Gasteiger partial charge in [-0.2, -0.15) is 0 Å². The minimum absolute atomic E-state index is 0.0790. The molecular formula is C14H16FN3OS. The van der Waals surface area contributed by atoms with Gasteiger partial charge in [-0.1, -0.05) is 12.1 Å². The molecule has 4 nitrogen and oxygen atoms in total. The van der Waals surface area contributed by atoms with Gasteiger partial charge in [-0.15, -0.1) is 11.3 Å². The van der Waals surface area contributed by atoms with Crippen LogP contribution in [0.3, 0.4) is 0 Å². The Morgan fingerprint density at radius 3 is 3.15 bits per heavy atom. The average Bonchev–Trinajstić information content (AvgIpc) is 2.84. The van der Waals surface area contributed by atoms with Gasteiger partial charge in [0.15, 0.2) is 5.13 Å². The number of ether oxygens (including phenoxy) is 1. The van der Waals surface area contributed by atoms with Crippen molar-refractivity contribution in [2.45, 2.75) is 12.6 Å². The van der Waals surface area contributed by atoms with Gasteiger partial charge >= 0.3 is 0 Å². The van der Waals surface area contributed by atoms with Gasteiger partial charge in [0.2, 0.25) is 0 Å². The number of morpholine rings is 1. The van der Waals surface area contributed by atoms with E-state index in [0.717, 1.165) is 30.1 Å². The maximum Gasteiger partial charge on any atom is 0.180 e. The molecule has 0 saturated carbocycles. The molecule has 20 heavy (non-hydrogen) atoms. The summed E-state index contributed by atoms with van der Waals surface area (Å²) in [6.45, 7) is 3.07. The maximum absolute atomic E-state index is 13.3. The highest BCUT2D eigenvalue weighted by Crippen LogP contribution is 2.25. The third-order valence-electron chi connectivity index (χ3n) is 3.32. The number of hydrogen-bond donors (Lipinski definition) is 1. The Balaban J connectivity index is 1.67. The number of thiazole rings is 1. The molecule has 0 amide bonds. The summed E-state index contributed by atoms with van der Waals surface area (Å²) in [6, 6.07) is 6.61. The Hall–Kier alpha value is -1.50. The number of nitrogens with two attached hydrogens (primary N) is 1. The summed E-state index contributed by atoms with van der Waals surface area (Å²) in [7, 11) is 0. The van der Waals surface area contributed by atoms with Gasteiger partial charge < -0.3 is 10.5 Å². The topological polar surface area (TPSA) is 51.4 Å². The number of aromatic nitrogens is 1. The fourth-order valence-electron chi connectivity index (χ4n) is 2.37. The number of hydrogen-bond acceptors (Lipinski definition) is 5. The molecule has 0 bridgehead atoms. The molecule has 1 unspecified atom stereocenters. The lowest BCUT2D eigenvalue weighted by Crippen LogP contribution is -2.37. The van der Waals surface area contributed by atoms with Gasteiger partial charge in [-0.05, 0) is 17.7 Å². The second kappa shape index (κ2) is 5.87. The zero-order valence-electron chi connectivity index (χ0n) is 11.0. The number of benzene rings is 1. The average molecular weight is 293 g/mol. The molecule has 106 valence electrons. The van der Waals surface area contributed by atoms with Crippen molar-refractivity contribution in [1.82, 2.24) is 9.88 Å². The Kier molecular flexibility index (Phi) is 3.95. The van der Waals surface area contributed by atoms with Crippen LogP contribution in [0.4, 0.5) is 9.52 Å². The first-order valence-electron chi connectivity index (χ1n) is 6.50. The van der Waals surface area contributed by atoms with Crippen LogP contribution in [0.1, 0.15) is 16.5 Å². The van der Waals surface area contributed by atoms with Crippen LogP contribution in [-0.2, 0) is 11.3 Å². The van der Waals surface area contributed by atoms with Crippen molar-refractivity contribution in [2.75, 3.05) is 25.4 Å². The highest BCUT2D eigenvalue weighted by molar-refractivity contribution is 7.15. The molecule has 1 aromatic heterocycles. The molecule has 3 rings (SSSR count). The summed E-state index contributed by atoms with van der Waals surface area (Å²) in [5.41, 5.74) is 6.53. The highest BCUT2D eigenvalue weighted by Gasteiger charge is 2.22. The lowest BCUT2D eigenvalue weighted by atomic mass is 10.1. The molecule has 1 aliphatic heterocycles. The summed E-state index contributed by atoms with van der Waals surface area (Å²) in [6.07, 6.45) is 1.73. The van der Waals surface area contributed by atoms with E-state index in [0.29, 0.717) is 11.7 Å². The smallest absolute Gasteiger partial charge is 0.180 e. The van der Waals surface area contributed by atoms with Crippen molar-refractivity contribution in [3.8, 4) is 0 Å². The molecule has 2 heterocycles. The first kappa shape index (κ1) is 13.5. The van der Waals surface area contributed by atoms with Crippen molar-refractivity contribution < 1.29 is 9.13 Å². The molecule has 1 saturated heterocycles. The summed E-state index contributed by atoms with van der Waals surface area (Å²) in [4.78, 5) is 7.48. The summed E-state index contributed by atoms with van der Waals surface area (Å²) in [5.74, 6) is -0.224. The monoisotopic (exact) mass is 293 g/mol.